The van der Waals surface area contributed by atoms with Crippen LogP contribution in [0.15, 0.2) is 57.8 Å². The van der Waals surface area contributed by atoms with Gasteiger partial charge in [0.25, 0.3) is 5.56 Å². The fourth-order valence-electron chi connectivity index (χ4n) is 4.02. The maximum absolute atomic E-state index is 13.6. The number of alkyl halides is 3. The Morgan fingerprint density at radius 1 is 1.09 bits per heavy atom. The lowest BCUT2D eigenvalue weighted by Gasteiger charge is -2.14. The minimum Gasteiger partial charge on any atom is -0.325 e. The maximum atomic E-state index is 13.6. The van der Waals surface area contributed by atoms with Crippen LogP contribution in [-0.4, -0.2) is 20.0 Å². The number of rotatable bonds is 5. The molecule has 0 aliphatic carbocycles. The van der Waals surface area contributed by atoms with Crippen molar-refractivity contribution in [2.75, 3.05) is 5.32 Å². The van der Waals surface area contributed by atoms with Crippen LogP contribution in [0.1, 0.15) is 29.6 Å². The molecule has 0 aliphatic heterocycles. The topological polar surface area (TPSA) is 68.9 Å². The molecule has 2 aromatic heterocycles. The molecule has 0 atom stereocenters. The van der Waals surface area contributed by atoms with Gasteiger partial charge in [0.15, 0.2) is 0 Å². The fraction of sp³-hybridized carbons (Fsp3) is 0.240. The molecule has 0 unspecified atom stereocenters. The standard InChI is InChI=1S/C25H22BrF3N4O2/c1-4-20-31-23-22(24(35)33(20)19-8-6-5-7-18(19)26)14(2)15(3)32(23)13-21(34)30-17-11-9-16(10-12-17)25(27,28)29/h5-12H,4,13H2,1-3H3,(H,30,34). The molecule has 1 amide bonds. The molecule has 4 rings (SSSR count). The van der Waals surface area contributed by atoms with Crippen LogP contribution in [0.2, 0.25) is 0 Å². The van der Waals surface area contributed by atoms with Crippen LogP contribution < -0.4 is 10.9 Å². The van der Waals surface area contributed by atoms with Gasteiger partial charge in [0.1, 0.15) is 18.0 Å². The summed E-state index contributed by atoms with van der Waals surface area (Å²) in [6.07, 6.45) is -3.97. The summed E-state index contributed by atoms with van der Waals surface area (Å²) < 4.78 is 42.4. The molecule has 0 bridgehead atoms. The van der Waals surface area contributed by atoms with Crippen molar-refractivity contribution in [3.63, 3.8) is 0 Å². The van der Waals surface area contributed by atoms with Crippen molar-refractivity contribution in [3.8, 4) is 5.69 Å². The maximum Gasteiger partial charge on any atom is 0.416 e. The molecule has 4 aromatic rings. The predicted molar refractivity (Wildman–Crippen MR) is 132 cm³/mol. The molecule has 10 heteroatoms. The number of aromatic nitrogens is 3. The number of nitrogens with one attached hydrogen (secondary N) is 1. The number of hydrogen-bond acceptors (Lipinski definition) is 3. The molecule has 2 heterocycles. The van der Waals surface area contributed by atoms with Gasteiger partial charge in [-0.05, 0) is 71.7 Å². The molecule has 0 spiro atoms. The van der Waals surface area contributed by atoms with Gasteiger partial charge in [-0.15, -0.1) is 0 Å². The Morgan fingerprint density at radius 3 is 2.34 bits per heavy atom. The first kappa shape index (κ1) is 24.7. The number of anilines is 1. The number of carbonyl (C=O) groups is 1. The van der Waals surface area contributed by atoms with Gasteiger partial charge < -0.3 is 9.88 Å². The van der Waals surface area contributed by atoms with E-state index in [9.17, 15) is 22.8 Å². The van der Waals surface area contributed by atoms with E-state index in [0.717, 1.165) is 16.6 Å². The number of aryl methyl sites for hydroxylation is 2. The summed E-state index contributed by atoms with van der Waals surface area (Å²) in [4.78, 5) is 31.2. The van der Waals surface area contributed by atoms with Gasteiger partial charge in [-0.2, -0.15) is 13.2 Å². The van der Waals surface area contributed by atoms with Gasteiger partial charge in [0.05, 0.1) is 16.6 Å². The number of fused-ring (bicyclic) bond motifs is 1. The third-order valence-corrected chi connectivity index (χ3v) is 6.59. The monoisotopic (exact) mass is 546 g/mol. The Hall–Kier alpha value is -3.40. The van der Waals surface area contributed by atoms with Crippen molar-refractivity contribution < 1.29 is 18.0 Å². The van der Waals surface area contributed by atoms with Crippen molar-refractivity contribution in [1.82, 2.24) is 14.1 Å². The number of hydrogen-bond donors (Lipinski definition) is 1. The molecular weight excluding hydrogens is 525 g/mol. The lowest BCUT2D eigenvalue weighted by molar-refractivity contribution is -0.137. The zero-order valence-electron chi connectivity index (χ0n) is 19.2. The van der Waals surface area contributed by atoms with Crippen LogP contribution in [0, 0.1) is 13.8 Å². The van der Waals surface area contributed by atoms with E-state index in [2.05, 4.69) is 21.2 Å². The Labute approximate surface area is 207 Å². The second-order valence-electron chi connectivity index (χ2n) is 8.09. The Balaban J connectivity index is 1.73. The summed E-state index contributed by atoms with van der Waals surface area (Å²) in [7, 11) is 0. The molecule has 2 aromatic carbocycles. The van der Waals surface area contributed by atoms with Gasteiger partial charge in [-0.1, -0.05) is 19.1 Å². The first-order valence-corrected chi connectivity index (χ1v) is 11.7. The van der Waals surface area contributed by atoms with Crippen LogP contribution in [0.4, 0.5) is 18.9 Å². The second-order valence-corrected chi connectivity index (χ2v) is 8.95. The number of carbonyl (C=O) groups excluding carboxylic acids is 1. The Bertz CT molecular complexity index is 1490. The van der Waals surface area contributed by atoms with Crippen molar-refractivity contribution in [1.29, 1.82) is 0 Å². The quantitative estimate of drug-likeness (QED) is 0.344. The minimum atomic E-state index is -4.45. The van der Waals surface area contributed by atoms with E-state index in [4.69, 9.17) is 4.98 Å². The Morgan fingerprint density at radius 2 is 1.74 bits per heavy atom. The molecule has 6 nitrogen and oxygen atoms in total. The first-order valence-electron chi connectivity index (χ1n) is 10.9. The highest BCUT2D eigenvalue weighted by atomic mass is 79.9. The van der Waals surface area contributed by atoms with E-state index in [1.165, 1.54) is 12.1 Å². The smallest absolute Gasteiger partial charge is 0.325 e. The average Bonchev–Trinajstić information content (AvgIpc) is 3.04. The van der Waals surface area contributed by atoms with Crippen molar-refractivity contribution in [2.45, 2.75) is 39.9 Å². The predicted octanol–water partition coefficient (Wildman–Crippen LogP) is 5.79. The lowest BCUT2D eigenvalue weighted by Crippen LogP contribution is -2.25. The number of halogens is 4. The van der Waals surface area contributed by atoms with E-state index in [1.54, 1.807) is 23.0 Å². The van der Waals surface area contributed by atoms with E-state index >= 15 is 0 Å². The molecule has 0 radical (unpaired) electrons. The van der Waals surface area contributed by atoms with Gasteiger partial charge in [0.2, 0.25) is 5.91 Å². The summed E-state index contributed by atoms with van der Waals surface area (Å²) in [5, 5.41) is 3.03. The highest BCUT2D eigenvalue weighted by Gasteiger charge is 2.30. The summed E-state index contributed by atoms with van der Waals surface area (Å²) in [5.74, 6) is 0.0934. The van der Waals surface area contributed by atoms with E-state index in [0.29, 0.717) is 40.2 Å². The molecule has 0 saturated carbocycles. The molecule has 0 saturated heterocycles. The van der Waals surface area contributed by atoms with Gasteiger partial charge in [0, 0.05) is 22.3 Å². The number of benzene rings is 2. The van der Waals surface area contributed by atoms with Crippen molar-refractivity contribution in [3.05, 3.63) is 86.0 Å². The summed E-state index contributed by atoms with van der Waals surface area (Å²) in [6, 6.07) is 11.6. The molecular formula is C25H22BrF3N4O2. The second kappa shape index (κ2) is 9.33. The summed E-state index contributed by atoms with van der Waals surface area (Å²) in [6.45, 7) is 5.36. The van der Waals surface area contributed by atoms with Crippen molar-refractivity contribution >= 4 is 38.6 Å². The highest BCUT2D eigenvalue weighted by Crippen LogP contribution is 2.30. The van der Waals surface area contributed by atoms with E-state index in [-0.39, 0.29) is 17.8 Å². The minimum absolute atomic E-state index is 0.147. The van der Waals surface area contributed by atoms with E-state index in [1.807, 2.05) is 31.2 Å². The number of amides is 1. The average molecular weight is 547 g/mol. The lowest BCUT2D eigenvalue weighted by atomic mass is 10.2. The Kier molecular flexibility index (Phi) is 6.59. The zero-order valence-corrected chi connectivity index (χ0v) is 20.8. The highest BCUT2D eigenvalue weighted by molar-refractivity contribution is 9.10. The number of nitrogens with zero attached hydrogens (tertiary/aromatic N) is 3. The molecule has 35 heavy (non-hydrogen) atoms. The molecule has 0 fully saturated rings. The van der Waals surface area contributed by atoms with E-state index < -0.39 is 17.6 Å². The molecule has 1 N–H and O–H groups in total. The largest absolute Gasteiger partial charge is 0.416 e. The summed E-state index contributed by atoms with van der Waals surface area (Å²) in [5.41, 5.74) is 1.70. The summed E-state index contributed by atoms with van der Waals surface area (Å²) >= 11 is 3.50. The van der Waals surface area contributed by atoms with Gasteiger partial charge in [-0.3, -0.25) is 14.2 Å². The van der Waals surface area contributed by atoms with Crippen LogP contribution in [0.3, 0.4) is 0 Å². The SMILES string of the molecule is CCc1nc2c(c(C)c(C)n2CC(=O)Nc2ccc(C(F)(F)F)cc2)c(=O)n1-c1ccccc1Br. The van der Waals surface area contributed by atoms with Crippen LogP contribution in [-0.2, 0) is 23.9 Å². The zero-order chi connectivity index (χ0) is 25.5. The normalized spacial score (nSPS) is 11.7. The number of para-hydroxylation sites is 1. The molecule has 182 valence electrons. The van der Waals surface area contributed by atoms with Crippen LogP contribution >= 0.6 is 15.9 Å². The van der Waals surface area contributed by atoms with Gasteiger partial charge in [-0.25, -0.2) is 4.98 Å². The van der Waals surface area contributed by atoms with Crippen molar-refractivity contribution in [2.24, 2.45) is 0 Å². The fourth-order valence-corrected chi connectivity index (χ4v) is 4.48. The van der Waals surface area contributed by atoms with Gasteiger partial charge >= 0.3 is 6.18 Å². The van der Waals surface area contributed by atoms with Crippen LogP contribution in [0.25, 0.3) is 16.7 Å². The third kappa shape index (κ3) is 4.62. The van der Waals surface area contributed by atoms with Crippen LogP contribution in [0.5, 0.6) is 0 Å². The third-order valence-electron chi connectivity index (χ3n) is 5.92. The first-order chi connectivity index (χ1) is 16.5. The molecule has 0 aliphatic rings.